The number of piperidine rings is 1. The molecule has 116 valence electrons. The summed E-state index contributed by atoms with van der Waals surface area (Å²) in [6, 6.07) is 6.43. The Balaban J connectivity index is 1.53. The molecule has 3 rings (SSSR count). The van der Waals surface area contributed by atoms with E-state index in [2.05, 4.69) is 22.2 Å². The highest BCUT2D eigenvalue weighted by Crippen LogP contribution is 2.25. The Hall–Kier alpha value is -1.13. The summed E-state index contributed by atoms with van der Waals surface area (Å²) in [6.45, 7) is 6.51. The molecule has 1 aromatic rings. The van der Waals surface area contributed by atoms with Gasteiger partial charge in [0.2, 0.25) is 0 Å². The molecule has 2 saturated heterocycles. The molecule has 0 aromatic heterocycles. The van der Waals surface area contributed by atoms with Gasteiger partial charge in [-0.15, -0.1) is 0 Å². The Kier molecular flexibility index (Phi) is 4.45. The standard InChI is InChI=1S/C17H26FN3/c1-13-11-14(18)3-4-17(13)21-9-6-15(7-10-21)19-16-5-8-20(2)12-16/h3-4,11,15-16,19H,5-10,12H2,1-2H3/t16-/m1/s1. The first kappa shape index (κ1) is 14.8. The van der Waals surface area contributed by atoms with Crippen LogP contribution in [0.25, 0.3) is 0 Å². The normalized spacial score (nSPS) is 24.7. The molecule has 0 amide bonds. The van der Waals surface area contributed by atoms with Gasteiger partial charge in [-0.3, -0.25) is 0 Å². The zero-order valence-corrected chi connectivity index (χ0v) is 13.1. The van der Waals surface area contributed by atoms with E-state index >= 15 is 0 Å². The molecule has 2 aliphatic rings. The van der Waals surface area contributed by atoms with Gasteiger partial charge in [0, 0.05) is 37.4 Å². The minimum atomic E-state index is -0.141. The highest BCUT2D eigenvalue weighted by Gasteiger charge is 2.25. The maximum Gasteiger partial charge on any atom is 0.123 e. The number of aryl methyl sites for hydroxylation is 1. The number of likely N-dealkylation sites (N-methyl/N-ethyl adjacent to an activating group) is 1. The Morgan fingerprint density at radius 2 is 1.81 bits per heavy atom. The predicted molar refractivity (Wildman–Crippen MR) is 85.4 cm³/mol. The predicted octanol–water partition coefficient (Wildman–Crippen LogP) is 2.40. The quantitative estimate of drug-likeness (QED) is 0.922. The van der Waals surface area contributed by atoms with Crippen LogP contribution < -0.4 is 10.2 Å². The number of benzene rings is 1. The number of rotatable bonds is 3. The van der Waals surface area contributed by atoms with Gasteiger partial charge in [-0.1, -0.05) is 0 Å². The topological polar surface area (TPSA) is 18.5 Å². The molecule has 4 heteroatoms. The second kappa shape index (κ2) is 6.32. The summed E-state index contributed by atoms with van der Waals surface area (Å²) < 4.78 is 13.2. The summed E-state index contributed by atoms with van der Waals surface area (Å²) in [7, 11) is 2.20. The van der Waals surface area contributed by atoms with Crippen molar-refractivity contribution in [2.24, 2.45) is 0 Å². The summed E-state index contributed by atoms with van der Waals surface area (Å²) in [5.74, 6) is -0.141. The van der Waals surface area contributed by atoms with Gasteiger partial charge in [0.25, 0.3) is 0 Å². The molecule has 0 saturated carbocycles. The van der Waals surface area contributed by atoms with E-state index in [1.54, 1.807) is 12.1 Å². The smallest absolute Gasteiger partial charge is 0.123 e. The van der Waals surface area contributed by atoms with Crippen LogP contribution in [0, 0.1) is 12.7 Å². The van der Waals surface area contributed by atoms with Crippen molar-refractivity contribution in [2.75, 3.05) is 38.1 Å². The van der Waals surface area contributed by atoms with Crippen molar-refractivity contribution in [1.29, 1.82) is 0 Å². The molecule has 2 aliphatic heterocycles. The minimum absolute atomic E-state index is 0.141. The third-order valence-corrected chi connectivity index (χ3v) is 4.86. The maximum absolute atomic E-state index is 13.2. The monoisotopic (exact) mass is 291 g/mol. The summed E-state index contributed by atoms with van der Waals surface area (Å²) in [6.07, 6.45) is 3.63. The van der Waals surface area contributed by atoms with Crippen LogP contribution in [0.1, 0.15) is 24.8 Å². The molecule has 1 aromatic carbocycles. The van der Waals surface area contributed by atoms with Crippen LogP contribution in [0.4, 0.5) is 10.1 Å². The van der Waals surface area contributed by atoms with E-state index in [1.807, 2.05) is 13.0 Å². The number of hydrogen-bond acceptors (Lipinski definition) is 3. The molecule has 21 heavy (non-hydrogen) atoms. The lowest BCUT2D eigenvalue weighted by Gasteiger charge is -2.36. The van der Waals surface area contributed by atoms with Crippen molar-refractivity contribution in [1.82, 2.24) is 10.2 Å². The minimum Gasteiger partial charge on any atom is -0.371 e. The fourth-order valence-electron chi connectivity index (χ4n) is 3.67. The molecule has 0 unspecified atom stereocenters. The second-order valence-electron chi connectivity index (χ2n) is 6.61. The molecule has 0 bridgehead atoms. The molecule has 0 radical (unpaired) electrons. The van der Waals surface area contributed by atoms with E-state index in [1.165, 1.54) is 38.0 Å². The lowest BCUT2D eigenvalue weighted by molar-refractivity contribution is 0.350. The van der Waals surface area contributed by atoms with Crippen molar-refractivity contribution in [3.63, 3.8) is 0 Å². The Morgan fingerprint density at radius 3 is 2.43 bits per heavy atom. The average molecular weight is 291 g/mol. The van der Waals surface area contributed by atoms with Crippen molar-refractivity contribution in [3.8, 4) is 0 Å². The van der Waals surface area contributed by atoms with Crippen molar-refractivity contribution >= 4 is 5.69 Å². The maximum atomic E-state index is 13.2. The molecule has 3 nitrogen and oxygen atoms in total. The van der Waals surface area contributed by atoms with E-state index in [0.29, 0.717) is 12.1 Å². The van der Waals surface area contributed by atoms with Gasteiger partial charge in [-0.25, -0.2) is 4.39 Å². The lowest BCUT2D eigenvalue weighted by Crippen LogP contribution is -2.47. The number of likely N-dealkylation sites (tertiary alicyclic amines) is 1. The van der Waals surface area contributed by atoms with E-state index in [4.69, 9.17) is 0 Å². The Morgan fingerprint density at radius 1 is 1.10 bits per heavy atom. The molecule has 1 N–H and O–H groups in total. The summed E-state index contributed by atoms with van der Waals surface area (Å²) in [5.41, 5.74) is 2.23. The molecule has 2 fully saturated rings. The molecule has 0 aliphatic carbocycles. The van der Waals surface area contributed by atoms with Crippen molar-refractivity contribution < 1.29 is 4.39 Å². The van der Waals surface area contributed by atoms with Gasteiger partial charge in [-0.05, 0) is 63.5 Å². The van der Waals surface area contributed by atoms with Crippen molar-refractivity contribution in [2.45, 2.75) is 38.3 Å². The highest BCUT2D eigenvalue weighted by atomic mass is 19.1. The molecular formula is C17H26FN3. The number of hydrogen-bond donors (Lipinski definition) is 1. The summed E-state index contributed by atoms with van der Waals surface area (Å²) in [5, 5.41) is 3.82. The number of halogens is 1. The summed E-state index contributed by atoms with van der Waals surface area (Å²) in [4.78, 5) is 4.79. The van der Waals surface area contributed by atoms with Gasteiger partial charge < -0.3 is 15.1 Å². The van der Waals surface area contributed by atoms with Crippen LogP contribution in [0.2, 0.25) is 0 Å². The van der Waals surface area contributed by atoms with Gasteiger partial charge >= 0.3 is 0 Å². The van der Waals surface area contributed by atoms with Crippen LogP contribution in [0.15, 0.2) is 18.2 Å². The van der Waals surface area contributed by atoms with Crippen molar-refractivity contribution in [3.05, 3.63) is 29.6 Å². The first-order valence-electron chi connectivity index (χ1n) is 8.07. The summed E-state index contributed by atoms with van der Waals surface area (Å²) >= 11 is 0. The SMILES string of the molecule is Cc1cc(F)ccc1N1CCC(N[C@@H]2CCN(C)C2)CC1. The van der Waals surface area contributed by atoms with E-state index in [0.717, 1.165) is 18.7 Å². The van der Waals surface area contributed by atoms with Gasteiger partial charge in [0.15, 0.2) is 0 Å². The van der Waals surface area contributed by atoms with Crippen LogP contribution >= 0.6 is 0 Å². The lowest BCUT2D eigenvalue weighted by atomic mass is 10.0. The zero-order chi connectivity index (χ0) is 14.8. The van der Waals surface area contributed by atoms with Gasteiger partial charge in [-0.2, -0.15) is 0 Å². The van der Waals surface area contributed by atoms with E-state index in [9.17, 15) is 4.39 Å². The molecular weight excluding hydrogens is 265 g/mol. The number of anilines is 1. The fourth-order valence-corrected chi connectivity index (χ4v) is 3.67. The third kappa shape index (κ3) is 3.55. The Labute approximate surface area is 127 Å². The first-order chi connectivity index (χ1) is 10.1. The largest absolute Gasteiger partial charge is 0.371 e. The van der Waals surface area contributed by atoms with Crippen LogP contribution in [0.5, 0.6) is 0 Å². The van der Waals surface area contributed by atoms with Gasteiger partial charge in [0.05, 0.1) is 0 Å². The molecule has 1 atom stereocenters. The van der Waals surface area contributed by atoms with Crippen LogP contribution in [-0.2, 0) is 0 Å². The molecule has 0 spiro atoms. The molecule has 2 heterocycles. The third-order valence-electron chi connectivity index (χ3n) is 4.86. The van der Waals surface area contributed by atoms with Gasteiger partial charge in [0.1, 0.15) is 5.82 Å². The second-order valence-corrected chi connectivity index (χ2v) is 6.61. The van der Waals surface area contributed by atoms with Crippen LogP contribution in [0.3, 0.4) is 0 Å². The zero-order valence-electron chi connectivity index (χ0n) is 13.1. The fraction of sp³-hybridized carbons (Fsp3) is 0.647. The number of nitrogens with zero attached hydrogens (tertiary/aromatic N) is 2. The van der Waals surface area contributed by atoms with Crippen LogP contribution in [-0.4, -0.2) is 50.2 Å². The van der Waals surface area contributed by atoms with E-state index in [-0.39, 0.29) is 5.82 Å². The number of nitrogens with one attached hydrogen (secondary N) is 1. The highest BCUT2D eigenvalue weighted by molar-refractivity contribution is 5.53. The Bertz CT molecular complexity index is 483. The van der Waals surface area contributed by atoms with E-state index < -0.39 is 0 Å². The first-order valence-corrected chi connectivity index (χ1v) is 8.07. The average Bonchev–Trinajstić information content (AvgIpc) is 2.85.